The van der Waals surface area contributed by atoms with Crippen LogP contribution < -0.4 is 0 Å². The molecule has 3 aromatic rings. The number of rotatable bonds is 4. The number of aryl methyl sites for hydroxylation is 1. The number of aromatic nitrogens is 3. The van der Waals surface area contributed by atoms with Crippen LogP contribution in [0.2, 0.25) is 0 Å². The van der Waals surface area contributed by atoms with Gasteiger partial charge in [0.25, 0.3) is 0 Å². The summed E-state index contributed by atoms with van der Waals surface area (Å²) in [6, 6.07) is 7.98. The molecule has 1 aromatic carbocycles. The van der Waals surface area contributed by atoms with Gasteiger partial charge >= 0.3 is 0 Å². The zero-order valence-corrected chi connectivity index (χ0v) is 13.4. The molecule has 0 saturated heterocycles. The Hall–Kier alpha value is -1.51. The molecule has 0 aliphatic carbocycles. The molecule has 0 saturated carbocycles. The summed E-state index contributed by atoms with van der Waals surface area (Å²) in [5.41, 5.74) is 1.62. The van der Waals surface area contributed by atoms with Gasteiger partial charge in [-0.3, -0.25) is 0 Å². The van der Waals surface area contributed by atoms with Crippen molar-refractivity contribution in [1.29, 1.82) is 0 Å². The third kappa shape index (κ3) is 3.39. The van der Waals surface area contributed by atoms with Crippen molar-refractivity contribution in [2.45, 2.75) is 17.0 Å². The van der Waals surface area contributed by atoms with E-state index in [0.717, 1.165) is 21.5 Å². The van der Waals surface area contributed by atoms with Gasteiger partial charge in [0.2, 0.25) is 0 Å². The maximum Gasteiger partial charge on any atom is 0.184 e. The summed E-state index contributed by atoms with van der Waals surface area (Å²) >= 11 is 8.26. The van der Waals surface area contributed by atoms with E-state index in [1.165, 1.54) is 23.5 Å². The van der Waals surface area contributed by atoms with Crippen LogP contribution in [-0.2, 0) is 5.75 Å². The second kappa shape index (κ2) is 6.08. The van der Waals surface area contributed by atoms with Crippen molar-refractivity contribution in [2.24, 2.45) is 0 Å². The fourth-order valence-electron chi connectivity index (χ4n) is 1.69. The highest BCUT2D eigenvalue weighted by Gasteiger charge is 2.08. The van der Waals surface area contributed by atoms with E-state index in [-0.39, 0.29) is 5.82 Å². The summed E-state index contributed by atoms with van der Waals surface area (Å²) in [5.74, 6) is 1.18. The van der Waals surface area contributed by atoms with Crippen LogP contribution >= 0.6 is 35.3 Å². The lowest BCUT2D eigenvalue weighted by atomic mass is 10.3. The second-order valence-corrected chi connectivity index (χ2v) is 7.08. The van der Waals surface area contributed by atoms with Crippen molar-refractivity contribution >= 4 is 35.3 Å². The molecule has 0 unspecified atom stereocenters. The molecule has 0 spiro atoms. The quantitative estimate of drug-likeness (QED) is 0.521. The largest absolute Gasteiger partial charge is 0.361 e. The third-order valence-electron chi connectivity index (χ3n) is 2.62. The average molecular weight is 339 g/mol. The predicted molar refractivity (Wildman–Crippen MR) is 83.0 cm³/mol. The molecule has 0 radical (unpaired) electrons. The summed E-state index contributed by atoms with van der Waals surface area (Å²) in [6.45, 7) is 1.86. The van der Waals surface area contributed by atoms with Gasteiger partial charge in [-0.25, -0.2) is 9.07 Å². The standard InChI is InChI=1S/C13H10FN3OS3/c1-8-6-10(16-18-8)7-20-12-15-17(13(19)21-12)11-4-2-9(14)3-5-11/h2-6H,7H2,1H3. The Morgan fingerprint density at radius 1 is 1.38 bits per heavy atom. The van der Waals surface area contributed by atoms with Gasteiger partial charge in [0, 0.05) is 11.8 Å². The Labute approximate surface area is 133 Å². The molecule has 0 amide bonds. The molecule has 0 atom stereocenters. The number of hydrogen-bond acceptors (Lipinski definition) is 6. The van der Waals surface area contributed by atoms with Crippen LogP contribution in [0.25, 0.3) is 5.69 Å². The first-order chi connectivity index (χ1) is 10.1. The van der Waals surface area contributed by atoms with Gasteiger partial charge in [-0.05, 0) is 43.4 Å². The van der Waals surface area contributed by atoms with Gasteiger partial charge in [0.15, 0.2) is 8.29 Å². The van der Waals surface area contributed by atoms with Crippen LogP contribution in [0.15, 0.2) is 39.2 Å². The molecule has 3 rings (SSSR count). The third-order valence-corrected chi connectivity index (χ3v) is 5.02. The van der Waals surface area contributed by atoms with E-state index in [0.29, 0.717) is 9.71 Å². The highest BCUT2D eigenvalue weighted by Crippen LogP contribution is 2.27. The van der Waals surface area contributed by atoms with Gasteiger partial charge in [-0.15, -0.1) is 5.10 Å². The minimum atomic E-state index is -0.281. The molecule has 2 heterocycles. The highest BCUT2D eigenvalue weighted by atomic mass is 32.2. The Bertz CT molecular complexity index is 807. The summed E-state index contributed by atoms with van der Waals surface area (Å²) in [6.07, 6.45) is 0. The van der Waals surface area contributed by atoms with Crippen molar-refractivity contribution in [1.82, 2.24) is 14.9 Å². The number of hydrogen-bond donors (Lipinski definition) is 0. The van der Waals surface area contributed by atoms with Crippen LogP contribution in [0.5, 0.6) is 0 Å². The molecule has 0 bridgehead atoms. The topological polar surface area (TPSA) is 43.9 Å². The molecular weight excluding hydrogens is 329 g/mol. The SMILES string of the molecule is Cc1cc(CSc2nn(-c3ccc(F)cc3)c(=S)s2)no1. The zero-order valence-electron chi connectivity index (χ0n) is 10.9. The van der Waals surface area contributed by atoms with E-state index in [2.05, 4.69) is 10.3 Å². The van der Waals surface area contributed by atoms with Crippen LogP contribution in [-0.4, -0.2) is 14.9 Å². The molecule has 2 aromatic heterocycles. The fourth-order valence-corrected chi connectivity index (χ4v) is 3.93. The van der Waals surface area contributed by atoms with E-state index in [1.54, 1.807) is 28.6 Å². The van der Waals surface area contributed by atoms with Crippen LogP contribution in [0.1, 0.15) is 11.5 Å². The van der Waals surface area contributed by atoms with Gasteiger partial charge < -0.3 is 4.52 Å². The Morgan fingerprint density at radius 2 is 2.14 bits per heavy atom. The smallest absolute Gasteiger partial charge is 0.184 e. The van der Waals surface area contributed by atoms with Gasteiger partial charge in [0.05, 0.1) is 11.4 Å². The first-order valence-corrected chi connectivity index (χ1v) is 8.24. The maximum atomic E-state index is 12.9. The molecule has 0 aliphatic rings. The molecular formula is C13H10FN3OS3. The van der Waals surface area contributed by atoms with E-state index >= 15 is 0 Å². The minimum Gasteiger partial charge on any atom is -0.361 e. The second-order valence-electron chi connectivity index (χ2n) is 4.24. The Morgan fingerprint density at radius 3 is 2.81 bits per heavy atom. The van der Waals surface area contributed by atoms with E-state index < -0.39 is 0 Å². The van der Waals surface area contributed by atoms with Crippen molar-refractivity contribution in [3.8, 4) is 5.69 Å². The molecule has 0 fully saturated rings. The highest BCUT2D eigenvalue weighted by molar-refractivity contribution is 8.00. The molecule has 0 N–H and O–H groups in total. The first-order valence-electron chi connectivity index (χ1n) is 6.03. The lowest BCUT2D eigenvalue weighted by molar-refractivity contribution is 0.393. The summed E-state index contributed by atoms with van der Waals surface area (Å²) in [4.78, 5) is 0. The molecule has 21 heavy (non-hydrogen) atoms. The minimum absolute atomic E-state index is 0.281. The van der Waals surface area contributed by atoms with Gasteiger partial charge in [-0.2, -0.15) is 0 Å². The molecule has 4 nitrogen and oxygen atoms in total. The number of nitrogens with zero attached hydrogens (tertiary/aromatic N) is 3. The average Bonchev–Trinajstić information content (AvgIpc) is 3.04. The summed E-state index contributed by atoms with van der Waals surface area (Å²) in [5, 5.41) is 8.38. The van der Waals surface area contributed by atoms with Crippen LogP contribution in [0, 0.1) is 16.7 Å². The monoisotopic (exact) mass is 339 g/mol. The molecule has 8 heteroatoms. The molecule has 108 valence electrons. The van der Waals surface area contributed by atoms with E-state index in [9.17, 15) is 4.39 Å². The van der Waals surface area contributed by atoms with Crippen molar-refractivity contribution in [3.63, 3.8) is 0 Å². The van der Waals surface area contributed by atoms with Crippen molar-refractivity contribution in [2.75, 3.05) is 0 Å². The summed E-state index contributed by atoms with van der Waals surface area (Å²) in [7, 11) is 0. The maximum absolute atomic E-state index is 12.9. The lowest BCUT2D eigenvalue weighted by Crippen LogP contribution is -1.96. The Kier molecular flexibility index (Phi) is 4.18. The number of thioether (sulfide) groups is 1. The first kappa shape index (κ1) is 14.4. The zero-order chi connectivity index (χ0) is 14.8. The molecule has 0 aliphatic heterocycles. The fraction of sp³-hybridized carbons (Fsp3) is 0.154. The predicted octanol–water partition coefficient (Wildman–Crippen LogP) is 4.39. The van der Waals surface area contributed by atoms with Crippen LogP contribution in [0.3, 0.4) is 0 Å². The van der Waals surface area contributed by atoms with E-state index in [1.807, 2.05) is 13.0 Å². The Balaban J connectivity index is 1.78. The van der Waals surface area contributed by atoms with Gasteiger partial charge in [-0.1, -0.05) is 28.3 Å². The lowest BCUT2D eigenvalue weighted by Gasteiger charge is -1.99. The summed E-state index contributed by atoms with van der Waals surface area (Å²) < 4.78 is 21.1. The van der Waals surface area contributed by atoms with Crippen molar-refractivity contribution in [3.05, 3.63) is 51.6 Å². The van der Waals surface area contributed by atoms with Crippen LogP contribution in [0.4, 0.5) is 4.39 Å². The number of halogens is 1. The van der Waals surface area contributed by atoms with E-state index in [4.69, 9.17) is 16.7 Å². The van der Waals surface area contributed by atoms with Crippen molar-refractivity contribution < 1.29 is 8.91 Å². The number of benzene rings is 1. The van der Waals surface area contributed by atoms with Gasteiger partial charge in [0.1, 0.15) is 11.6 Å². The normalized spacial score (nSPS) is 11.0.